The van der Waals surface area contributed by atoms with Crippen molar-refractivity contribution in [2.45, 2.75) is 26.8 Å². The summed E-state index contributed by atoms with van der Waals surface area (Å²) in [6.07, 6.45) is 2.49. The molecule has 2 amide bonds. The largest absolute Gasteiger partial charge is 0.481 e. The third-order valence-electron chi connectivity index (χ3n) is 4.93. The monoisotopic (exact) mass is 446 g/mol. The topological polar surface area (TPSA) is 119 Å². The van der Waals surface area contributed by atoms with Gasteiger partial charge in [-0.25, -0.2) is 4.98 Å². The number of aliphatic carboxylic acids is 1. The molecule has 31 heavy (non-hydrogen) atoms. The SMILES string of the molecule is CC(=O)O.CCNc1ccnc(N2CCc3c(sc4c3C(=O)N(C)CC(=O)N4C)C2)n1. The van der Waals surface area contributed by atoms with Crippen molar-refractivity contribution in [3.8, 4) is 0 Å². The van der Waals surface area contributed by atoms with Gasteiger partial charge in [-0.2, -0.15) is 4.98 Å². The van der Waals surface area contributed by atoms with Crippen LogP contribution in [-0.4, -0.2) is 71.5 Å². The second kappa shape index (κ2) is 9.29. The first kappa shape index (κ1) is 22.5. The number of carbonyl (C=O) groups is 3. The van der Waals surface area contributed by atoms with Crippen molar-refractivity contribution in [2.75, 3.05) is 48.8 Å². The number of fused-ring (bicyclic) bond motifs is 3. The molecule has 0 bridgehead atoms. The van der Waals surface area contributed by atoms with Gasteiger partial charge in [-0.05, 0) is 25.0 Å². The summed E-state index contributed by atoms with van der Waals surface area (Å²) in [4.78, 5) is 49.5. The molecule has 0 unspecified atom stereocenters. The minimum Gasteiger partial charge on any atom is -0.481 e. The molecule has 0 radical (unpaired) electrons. The summed E-state index contributed by atoms with van der Waals surface area (Å²) in [5.41, 5.74) is 1.75. The van der Waals surface area contributed by atoms with Gasteiger partial charge in [-0.3, -0.25) is 14.4 Å². The molecule has 4 rings (SSSR count). The smallest absolute Gasteiger partial charge is 0.300 e. The number of rotatable bonds is 3. The van der Waals surface area contributed by atoms with Gasteiger partial charge < -0.3 is 25.1 Å². The van der Waals surface area contributed by atoms with E-state index in [-0.39, 0.29) is 18.4 Å². The molecule has 0 atom stereocenters. The van der Waals surface area contributed by atoms with Crippen molar-refractivity contribution in [3.05, 3.63) is 28.3 Å². The first-order chi connectivity index (χ1) is 14.7. The lowest BCUT2D eigenvalue weighted by Crippen LogP contribution is -2.36. The van der Waals surface area contributed by atoms with Crippen molar-refractivity contribution in [1.29, 1.82) is 0 Å². The zero-order valence-corrected chi connectivity index (χ0v) is 18.8. The highest BCUT2D eigenvalue weighted by molar-refractivity contribution is 7.17. The second-order valence-corrected chi connectivity index (χ2v) is 8.34. The number of hydrogen-bond donors (Lipinski definition) is 2. The van der Waals surface area contributed by atoms with Crippen molar-refractivity contribution in [1.82, 2.24) is 14.9 Å². The van der Waals surface area contributed by atoms with Crippen molar-refractivity contribution in [2.24, 2.45) is 0 Å². The van der Waals surface area contributed by atoms with Crippen LogP contribution in [0.1, 0.15) is 34.6 Å². The lowest BCUT2D eigenvalue weighted by molar-refractivity contribution is -0.134. The molecule has 2 aromatic heterocycles. The van der Waals surface area contributed by atoms with Crippen LogP contribution in [0, 0.1) is 0 Å². The van der Waals surface area contributed by atoms with Crippen LogP contribution in [0.5, 0.6) is 0 Å². The van der Waals surface area contributed by atoms with Gasteiger partial charge in [0.25, 0.3) is 11.9 Å². The van der Waals surface area contributed by atoms with Crippen LogP contribution < -0.4 is 15.1 Å². The van der Waals surface area contributed by atoms with E-state index in [1.54, 1.807) is 25.2 Å². The van der Waals surface area contributed by atoms with Gasteiger partial charge in [0, 0.05) is 45.2 Å². The zero-order valence-electron chi connectivity index (χ0n) is 18.0. The summed E-state index contributed by atoms with van der Waals surface area (Å²) in [6, 6.07) is 1.85. The number of anilines is 3. The molecule has 2 aliphatic heterocycles. The summed E-state index contributed by atoms with van der Waals surface area (Å²) in [5.74, 6) is 0.508. The van der Waals surface area contributed by atoms with Crippen LogP contribution in [0.4, 0.5) is 16.8 Å². The maximum absolute atomic E-state index is 12.8. The number of likely N-dealkylation sites (N-methyl/N-ethyl adjacent to an activating group) is 2. The van der Waals surface area contributed by atoms with Crippen molar-refractivity contribution in [3.63, 3.8) is 0 Å². The average molecular weight is 447 g/mol. The van der Waals surface area contributed by atoms with Gasteiger partial charge in [0.05, 0.1) is 12.1 Å². The van der Waals surface area contributed by atoms with Crippen LogP contribution >= 0.6 is 11.3 Å². The molecule has 2 N–H and O–H groups in total. The molecule has 166 valence electrons. The standard InChI is InChI=1S/C18H22N6O2S.C2H4O2/c1-4-19-13-5-7-20-18(21-13)24-8-6-11-12(9-24)27-17-15(11)16(26)22(2)10-14(25)23(17)3;1-2(3)4/h5,7H,4,6,8-10H2,1-3H3,(H,19,20,21);1H3,(H,3,4). The predicted molar refractivity (Wildman–Crippen MR) is 119 cm³/mol. The number of carbonyl (C=O) groups excluding carboxylic acids is 2. The third kappa shape index (κ3) is 4.76. The lowest BCUT2D eigenvalue weighted by Gasteiger charge is -2.27. The van der Waals surface area contributed by atoms with E-state index < -0.39 is 5.97 Å². The minimum atomic E-state index is -0.833. The molecule has 0 aliphatic carbocycles. The van der Waals surface area contributed by atoms with Gasteiger partial charge in [-0.15, -0.1) is 11.3 Å². The third-order valence-corrected chi connectivity index (χ3v) is 6.23. The van der Waals surface area contributed by atoms with E-state index in [2.05, 4.69) is 20.2 Å². The van der Waals surface area contributed by atoms with Gasteiger partial charge in [0.2, 0.25) is 11.9 Å². The first-order valence-electron chi connectivity index (χ1n) is 9.90. The molecular weight excluding hydrogens is 420 g/mol. The Morgan fingerprint density at radius 3 is 2.68 bits per heavy atom. The summed E-state index contributed by atoms with van der Waals surface area (Å²) in [5, 5.41) is 11.4. The Hall–Kier alpha value is -3.21. The fraction of sp³-hybridized carbons (Fsp3) is 0.450. The quantitative estimate of drug-likeness (QED) is 0.731. The highest BCUT2D eigenvalue weighted by Crippen LogP contribution is 2.41. The molecule has 4 heterocycles. The number of hydrogen-bond acceptors (Lipinski definition) is 8. The summed E-state index contributed by atoms with van der Waals surface area (Å²) in [7, 11) is 3.43. The Morgan fingerprint density at radius 2 is 2.00 bits per heavy atom. The number of carboxylic acids is 1. The number of nitrogens with zero attached hydrogens (tertiary/aromatic N) is 5. The van der Waals surface area contributed by atoms with Crippen molar-refractivity contribution < 1.29 is 19.5 Å². The normalized spacial score (nSPS) is 15.5. The number of thiophene rings is 1. The Balaban J connectivity index is 0.000000628. The predicted octanol–water partition coefficient (Wildman–Crippen LogP) is 1.67. The first-order valence-corrected chi connectivity index (χ1v) is 10.7. The van der Waals surface area contributed by atoms with Crippen LogP contribution in [0.15, 0.2) is 12.3 Å². The molecular formula is C20H26N6O4S. The molecule has 0 fully saturated rings. The van der Waals surface area contributed by atoms with E-state index in [4.69, 9.17) is 9.90 Å². The van der Waals surface area contributed by atoms with E-state index in [0.29, 0.717) is 18.1 Å². The second-order valence-electron chi connectivity index (χ2n) is 7.26. The highest BCUT2D eigenvalue weighted by Gasteiger charge is 2.35. The maximum Gasteiger partial charge on any atom is 0.300 e. The van der Waals surface area contributed by atoms with Crippen LogP contribution in [0.25, 0.3) is 0 Å². The Bertz CT molecular complexity index is 1000. The van der Waals surface area contributed by atoms with Crippen LogP contribution in [0.3, 0.4) is 0 Å². The average Bonchev–Trinajstić information content (AvgIpc) is 3.07. The fourth-order valence-electron chi connectivity index (χ4n) is 3.48. The van der Waals surface area contributed by atoms with E-state index in [1.807, 2.05) is 13.0 Å². The van der Waals surface area contributed by atoms with E-state index in [0.717, 1.165) is 47.7 Å². The molecule has 0 saturated carbocycles. The minimum absolute atomic E-state index is 0.0678. The van der Waals surface area contributed by atoms with Crippen molar-refractivity contribution >= 4 is 45.9 Å². The van der Waals surface area contributed by atoms with E-state index in [9.17, 15) is 9.59 Å². The fourth-order valence-corrected chi connectivity index (χ4v) is 4.81. The van der Waals surface area contributed by atoms with E-state index in [1.165, 1.54) is 16.2 Å². The summed E-state index contributed by atoms with van der Waals surface area (Å²) in [6.45, 7) is 5.40. The van der Waals surface area contributed by atoms with E-state index >= 15 is 0 Å². The van der Waals surface area contributed by atoms with Gasteiger partial charge >= 0.3 is 0 Å². The molecule has 2 aliphatic rings. The summed E-state index contributed by atoms with van der Waals surface area (Å²) < 4.78 is 0. The molecule has 0 saturated heterocycles. The maximum atomic E-state index is 12.8. The number of amides is 2. The van der Waals surface area contributed by atoms with Gasteiger partial charge in [-0.1, -0.05) is 0 Å². The Morgan fingerprint density at radius 1 is 1.29 bits per heavy atom. The number of carboxylic acid groups (broad SMARTS) is 1. The highest BCUT2D eigenvalue weighted by atomic mass is 32.1. The molecule has 10 nitrogen and oxygen atoms in total. The van der Waals surface area contributed by atoms with Gasteiger partial charge in [0.15, 0.2) is 0 Å². The number of nitrogens with one attached hydrogen (secondary N) is 1. The molecule has 2 aromatic rings. The zero-order chi connectivity index (χ0) is 22.7. The number of aromatic nitrogens is 2. The van der Waals surface area contributed by atoms with Gasteiger partial charge in [0.1, 0.15) is 17.4 Å². The van der Waals surface area contributed by atoms with Crippen LogP contribution in [-0.2, 0) is 22.6 Å². The molecule has 0 spiro atoms. The van der Waals surface area contributed by atoms with Crippen LogP contribution in [0.2, 0.25) is 0 Å². The lowest BCUT2D eigenvalue weighted by atomic mass is 10.0. The molecule has 0 aromatic carbocycles. The molecule has 11 heteroatoms. The summed E-state index contributed by atoms with van der Waals surface area (Å²) >= 11 is 1.53. The Kier molecular flexibility index (Phi) is 6.74. The Labute approximate surface area is 184 Å².